The molecular weight excluding hydrogens is 556 g/mol. The number of benzene rings is 3. The van der Waals surface area contributed by atoms with Crippen LogP contribution in [0.1, 0.15) is 44.3 Å². The fourth-order valence-electron chi connectivity index (χ4n) is 3.63. The van der Waals surface area contributed by atoms with Crippen LogP contribution in [-0.4, -0.2) is 47.7 Å². The van der Waals surface area contributed by atoms with Crippen molar-refractivity contribution in [3.8, 4) is 0 Å². The van der Waals surface area contributed by atoms with Crippen LogP contribution >= 0.6 is 23.2 Å². The van der Waals surface area contributed by atoms with Gasteiger partial charge < -0.3 is 10.4 Å². The van der Waals surface area contributed by atoms with E-state index in [4.69, 9.17) is 23.2 Å². The number of carbonyl (C=O) groups is 2. The molecule has 0 bridgehead atoms. The molecule has 206 valence electrons. The van der Waals surface area contributed by atoms with Gasteiger partial charge in [-0.1, -0.05) is 48.3 Å². The molecule has 0 aliphatic rings. The number of hydrazone groups is 1. The molecule has 12 heteroatoms. The van der Waals surface area contributed by atoms with Crippen molar-refractivity contribution >= 4 is 46.9 Å². The fraction of sp³-hybridized carbons (Fsp3) is 0.222. The van der Waals surface area contributed by atoms with Crippen LogP contribution in [-0.2, 0) is 12.7 Å². The Hall–Kier alpha value is -3.44. The van der Waals surface area contributed by atoms with E-state index >= 15 is 0 Å². The topological polar surface area (TPSA) is 94.0 Å². The van der Waals surface area contributed by atoms with Gasteiger partial charge in [-0.05, 0) is 60.1 Å². The van der Waals surface area contributed by atoms with Crippen molar-refractivity contribution in [2.75, 3.05) is 25.0 Å². The van der Waals surface area contributed by atoms with E-state index < -0.39 is 28.6 Å². The summed E-state index contributed by atoms with van der Waals surface area (Å²) in [6.07, 6.45) is -3.61. The van der Waals surface area contributed by atoms with Crippen molar-refractivity contribution in [2.24, 2.45) is 5.10 Å². The normalized spacial score (nSPS) is 11.7. The molecule has 0 heterocycles. The molecule has 3 rings (SSSR count). The largest absolute Gasteiger partial charge is 0.417 e. The first-order valence-corrected chi connectivity index (χ1v) is 12.5. The zero-order valence-electron chi connectivity index (χ0n) is 20.7. The highest BCUT2D eigenvalue weighted by Crippen LogP contribution is 2.34. The van der Waals surface area contributed by atoms with E-state index in [2.05, 4.69) is 15.8 Å². The third kappa shape index (κ3) is 8.52. The average molecular weight is 581 g/mol. The maximum absolute atomic E-state index is 13.1. The van der Waals surface area contributed by atoms with Crippen molar-refractivity contribution in [3.63, 3.8) is 0 Å². The van der Waals surface area contributed by atoms with E-state index in [1.165, 1.54) is 24.3 Å². The maximum atomic E-state index is 13.1. The number of hydrogen-bond acceptors (Lipinski definition) is 5. The highest BCUT2D eigenvalue weighted by molar-refractivity contribution is 6.31. The summed E-state index contributed by atoms with van der Waals surface area (Å²) in [4.78, 5) is 27.8. The highest BCUT2D eigenvalue weighted by atomic mass is 35.5. The summed E-state index contributed by atoms with van der Waals surface area (Å²) in [5.74, 6) is -1.21. The highest BCUT2D eigenvalue weighted by Gasteiger charge is 2.33. The molecule has 2 amide bonds. The second-order valence-corrected chi connectivity index (χ2v) is 9.22. The number of alkyl halides is 3. The van der Waals surface area contributed by atoms with Crippen LogP contribution in [0.4, 0.5) is 18.9 Å². The number of nitrogens with zero attached hydrogens (tertiary/aromatic N) is 2. The summed E-state index contributed by atoms with van der Waals surface area (Å²) >= 11 is 11.7. The zero-order valence-corrected chi connectivity index (χ0v) is 22.2. The minimum atomic E-state index is -4.65. The quantitative estimate of drug-likeness (QED) is 0.207. The van der Waals surface area contributed by atoms with E-state index in [-0.39, 0.29) is 28.4 Å². The minimum Gasteiger partial charge on any atom is -0.395 e. The second kappa shape index (κ2) is 13.6. The molecule has 0 unspecified atom stereocenters. The smallest absolute Gasteiger partial charge is 0.395 e. The molecule has 0 aliphatic carbocycles. The number of likely N-dealkylation sites (N-methyl/N-ethyl adjacent to an activating group) is 1. The molecule has 0 atom stereocenters. The number of carbonyl (C=O) groups excluding carboxylic acids is 2. The number of halogens is 5. The molecule has 3 aromatic rings. The van der Waals surface area contributed by atoms with Gasteiger partial charge in [-0.3, -0.25) is 14.5 Å². The Morgan fingerprint density at radius 3 is 2.51 bits per heavy atom. The van der Waals surface area contributed by atoms with Crippen LogP contribution in [0.25, 0.3) is 0 Å². The Morgan fingerprint density at radius 1 is 1.05 bits per heavy atom. The van der Waals surface area contributed by atoms with Gasteiger partial charge in [-0.2, -0.15) is 18.3 Å². The molecule has 0 aliphatic heterocycles. The molecule has 7 nitrogen and oxygen atoms in total. The number of aliphatic hydroxyl groups is 1. The molecular formula is C27H25Cl2F3N4O3. The van der Waals surface area contributed by atoms with E-state index in [1.54, 1.807) is 18.2 Å². The van der Waals surface area contributed by atoms with Crippen molar-refractivity contribution in [1.29, 1.82) is 0 Å². The van der Waals surface area contributed by atoms with Crippen LogP contribution < -0.4 is 10.7 Å². The molecule has 0 fully saturated rings. The molecule has 3 N–H and O–H groups in total. The van der Waals surface area contributed by atoms with Gasteiger partial charge in [0.25, 0.3) is 11.8 Å². The van der Waals surface area contributed by atoms with E-state index in [0.29, 0.717) is 18.7 Å². The van der Waals surface area contributed by atoms with Crippen LogP contribution in [0.15, 0.2) is 65.8 Å². The Balaban J connectivity index is 1.75. The lowest BCUT2D eigenvalue weighted by Gasteiger charge is -2.19. The summed E-state index contributed by atoms with van der Waals surface area (Å²) in [6.45, 7) is 3.76. The zero-order chi connectivity index (χ0) is 28.6. The van der Waals surface area contributed by atoms with Gasteiger partial charge in [0.15, 0.2) is 0 Å². The Bertz CT molecular complexity index is 1370. The van der Waals surface area contributed by atoms with Gasteiger partial charge >= 0.3 is 6.18 Å². The second-order valence-electron chi connectivity index (χ2n) is 8.37. The molecule has 0 saturated heterocycles. The first-order valence-electron chi connectivity index (χ1n) is 11.7. The maximum Gasteiger partial charge on any atom is 0.417 e. The standard InChI is InChI=1S/C27H25Cl2F3N4O3/c1-2-36(10-11-37)16-18-4-3-5-19(12-18)25(38)34-24-9-7-20(28)14-21(24)26(39)35-33-15-17-6-8-23(29)22(13-17)27(30,31)32/h3-9,12-15,37H,2,10-11,16H2,1H3,(H,34,38)(H,35,39)/b33-15+. The van der Waals surface area contributed by atoms with Gasteiger partial charge in [-0.15, -0.1) is 0 Å². The summed E-state index contributed by atoms with van der Waals surface area (Å²) in [7, 11) is 0. The van der Waals surface area contributed by atoms with E-state index in [9.17, 15) is 27.9 Å². The lowest BCUT2D eigenvalue weighted by molar-refractivity contribution is -0.137. The number of amides is 2. The van der Waals surface area contributed by atoms with E-state index in [1.807, 2.05) is 17.9 Å². The summed E-state index contributed by atoms with van der Waals surface area (Å²) in [5.41, 5.74) is 2.65. The van der Waals surface area contributed by atoms with Gasteiger partial charge in [0.05, 0.1) is 34.7 Å². The SMILES string of the molecule is CCN(CCO)Cc1cccc(C(=O)Nc2ccc(Cl)cc2C(=O)N/N=C/c2ccc(Cl)c(C(F)(F)F)c2)c1. The summed E-state index contributed by atoms with van der Waals surface area (Å²) in [5, 5.41) is 15.4. The van der Waals surface area contributed by atoms with Gasteiger partial charge in [-0.25, -0.2) is 5.43 Å². The Labute approximate surface area is 233 Å². The summed E-state index contributed by atoms with van der Waals surface area (Å²) in [6, 6.07) is 14.4. The average Bonchev–Trinajstić information content (AvgIpc) is 2.89. The summed E-state index contributed by atoms with van der Waals surface area (Å²) < 4.78 is 39.2. The predicted molar refractivity (Wildman–Crippen MR) is 145 cm³/mol. The Morgan fingerprint density at radius 2 is 1.82 bits per heavy atom. The first-order chi connectivity index (χ1) is 18.5. The number of hydrogen-bond donors (Lipinski definition) is 3. The van der Waals surface area contributed by atoms with Gasteiger partial charge in [0, 0.05) is 23.7 Å². The number of rotatable bonds is 10. The van der Waals surface area contributed by atoms with Crippen LogP contribution in [0.5, 0.6) is 0 Å². The monoisotopic (exact) mass is 580 g/mol. The minimum absolute atomic E-state index is 0.00338. The fourth-order valence-corrected chi connectivity index (χ4v) is 4.03. The van der Waals surface area contributed by atoms with Crippen molar-refractivity contribution in [2.45, 2.75) is 19.6 Å². The molecule has 0 aromatic heterocycles. The predicted octanol–water partition coefficient (Wildman–Crippen LogP) is 5.84. The van der Waals surface area contributed by atoms with Crippen LogP contribution in [0.3, 0.4) is 0 Å². The van der Waals surface area contributed by atoms with Crippen molar-refractivity contribution in [3.05, 3.63) is 98.5 Å². The molecule has 3 aromatic carbocycles. The van der Waals surface area contributed by atoms with Crippen LogP contribution in [0, 0.1) is 0 Å². The third-order valence-corrected chi connectivity index (χ3v) is 6.17. The number of nitrogens with one attached hydrogen (secondary N) is 2. The van der Waals surface area contributed by atoms with Crippen molar-refractivity contribution < 1.29 is 27.9 Å². The lowest BCUT2D eigenvalue weighted by atomic mass is 10.1. The van der Waals surface area contributed by atoms with Crippen molar-refractivity contribution in [1.82, 2.24) is 10.3 Å². The Kier molecular flexibility index (Phi) is 10.5. The van der Waals surface area contributed by atoms with E-state index in [0.717, 1.165) is 30.5 Å². The number of aliphatic hydroxyl groups excluding tert-OH is 1. The lowest BCUT2D eigenvalue weighted by Crippen LogP contribution is -2.26. The first kappa shape index (κ1) is 30.1. The number of anilines is 1. The van der Waals surface area contributed by atoms with Gasteiger partial charge in [0.1, 0.15) is 0 Å². The van der Waals surface area contributed by atoms with Crippen LogP contribution in [0.2, 0.25) is 10.0 Å². The molecule has 0 radical (unpaired) electrons. The third-order valence-electron chi connectivity index (χ3n) is 5.61. The molecule has 39 heavy (non-hydrogen) atoms. The molecule has 0 saturated carbocycles. The molecule has 0 spiro atoms. The van der Waals surface area contributed by atoms with Gasteiger partial charge in [0.2, 0.25) is 0 Å².